The second-order valence-corrected chi connectivity index (χ2v) is 9.25. The van der Waals surface area contributed by atoms with E-state index in [1.54, 1.807) is 13.0 Å². The van der Waals surface area contributed by atoms with E-state index >= 15 is 0 Å². The number of sulfonamides is 1. The van der Waals surface area contributed by atoms with Crippen molar-refractivity contribution >= 4 is 16.2 Å². The van der Waals surface area contributed by atoms with Gasteiger partial charge in [0.25, 0.3) is 10.0 Å². The molecule has 1 aromatic rings. The lowest BCUT2D eigenvalue weighted by atomic mass is 9.95. The van der Waals surface area contributed by atoms with Crippen molar-refractivity contribution in [1.82, 2.24) is 9.88 Å². The molecule has 0 N–H and O–H groups in total. The Kier molecular flexibility index (Phi) is 5.57. The second-order valence-electron chi connectivity index (χ2n) is 7.65. The minimum atomic E-state index is -3.85. The number of hydrogen-bond donors (Lipinski definition) is 0. The molecule has 0 saturated carbocycles. The highest BCUT2D eigenvalue weighted by Gasteiger charge is 2.39. The van der Waals surface area contributed by atoms with Crippen molar-refractivity contribution in [3.8, 4) is 11.8 Å². The van der Waals surface area contributed by atoms with E-state index in [1.165, 1.54) is 25.5 Å². The summed E-state index contributed by atoms with van der Waals surface area (Å²) in [5.41, 5.74) is -0.146. The summed E-state index contributed by atoms with van der Waals surface area (Å²) < 4.78 is 46.5. The molecule has 4 heterocycles. The van der Waals surface area contributed by atoms with Crippen molar-refractivity contribution < 1.29 is 22.6 Å². The number of hydrogen-bond acceptors (Lipinski definition) is 7. The molecular weight excluding hydrogens is 382 g/mol. The number of aryl methyl sites for hydroxylation is 1. The van der Waals surface area contributed by atoms with E-state index in [0.717, 1.165) is 19.6 Å². The van der Waals surface area contributed by atoms with Gasteiger partial charge in [-0.05, 0) is 38.9 Å². The van der Waals surface area contributed by atoms with Crippen molar-refractivity contribution in [2.45, 2.75) is 49.5 Å². The summed E-state index contributed by atoms with van der Waals surface area (Å²) in [6.07, 6.45) is 6.22. The third-order valence-corrected chi connectivity index (χ3v) is 6.77. The number of ether oxygens (including phenoxy) is 3. The number of piperidine rings is 1. The highest BCUT2D eigenvalue weighted by atomic mass is 32.2. The molecule has 2 saturated heterocycles. The van der Waals surface area contributed by atoms with Crippen LogP contribution in [0.1, 0.15) is 37.7 Å². The number of pyridine rings is 1. The molecule has 0 radical (unpaired) electrons. The van der Waals surface area contributed by atoms with Crippen LogP contribution in [-0.2, 0) is 14.8 Å². The van der Waals surface area contributed by atoms with Crippen LogP contribution < -0.4 is 9.47 Å². The Morgan fingerprint density at radius 3 is 2.71 bits per heavy atom. The van der Waals surface area contributed by atoms with Gasteiger partial charge in [0.15, 0.2) is 10.5 Å². The number of likely N-dealkylation sites (tertiary alicyclic amines) is 1. The van der Waals surface area contributed by atoms with Gasteiger partial charge in [-0.25, -0.2) is 0 Å². The predicted octanol–water partition coefficient (Wildman–Crippen LogP) is 1.96. The average Bonchev–Trinajstić information content (AvgIpc) is 2.79. The SMILES string of the molecule is Cc1cc2c(nc1OCCN1CCCCC1)OC1(C=NS2(=O)=O)CCOCC1. The highest BCUT2D eigenvalue weighted by molar-refractivity contribution is 7.90. The average molecular weight is 410 g/mol. The Morgan fingerprint density at radius 1 is 1.21 bits per heavy atom. The molecule has 28 heavy (non-hydrogen) atoms. The zero-order valence-electron chi connectivity index (χ0n) is 16.2. The van der Waals surface area contributed by atoms with Gasteiger partial charge in [-0.1, -0.05) is 6.42 Å². The van der Waals surface area contributed by atoms with E-state index in [1.807, 2.05) is 0 Å². The molecule has 2 fully saturated rings. The molecule has 1 aromatic heterocycles. The third kappa shape index (κ3) is 4.16. The number of rotatable bonds is 4. The van der Waals surface area contributed by atoms with Gasteiger partial charge in [-0.3, -0.25) is 4.90 Å². The van der Waals surface area contributed by atoms with Crippen LogP contribution in [-0.4, -0.2) is 69.6 Å². The quantitative estimate of drug-likeness (QED) is 0.751. The van der Waals surface area contributed by atoms with Crippen LogP contribution >= 0.6 is 0 Å². The van der Waals surface area contributed by atoms with Gasteiger partial charge >= 0.3 is 0 Å². The Bertz CT molecular complexity index is 843. The summed E-state index contributed by atoms with van der Waals surface area (Å²) in [6.45, 7) is 6.32. The lowest BCUT2D eigenvalue weighted by Crippen LogP contribution is -2.43. The molecular formula is C19H27N3O5S. The van der Waals surface area contributed by atoms with Gasteiger partial charge in [0.1, 0.15) is 6.61 Å². The lowest BCUT2D eigenvalue weighted by Gasteiger charge is -2.32. The fraction of sp³-hybridized carbons (Fsp3) is 0.684. The zero-order chi connectivity index (χ0) is 19.6. The maximum Gasteiger partial charge on any atom is 0.287 e. The summed E-state index contributed by atoms with van der Waals surface area (Å²) in [5.74, 6) is 0.480. The van der Waals surface area contributed by atoms with E-state index in [-0.39, 0.29) is 10.8 Å². The molecule has 9 heteroatoms. The highest BCUT2D eigenvalue weighted by Crippen LogP contribution is 2.36. The molecule has 0 atom stereocenters. The fourth-order valence-corrected chi connectivity index (χ4v) is 4.88. The van der Waals surface area contributed by atoms with Crippen molar-refractivity contribution in [2.75, 3.05) is 39.5 Å². The zero-order valence-corrected chi connectivity index (χ0v) is 17.0. The monoisotopic (exact) mass is 409 g/mol. The van der Waals surface area contributed by atoms with Crippen LogP contribution in [0.3, 0.4) is 0 Å². The maximum atomic E-state index is 12.6. The van der Waals surface area contributed by atoms with E-state index in [2.05, 4.69) is 14.3 Å². The summed E-state index contributed by atoms with van der Waals surface area (Å²) in [5, 5.41) is 0. The third-order valence-electron chi connectivity index (χ3n) is 5.54. The topological polar surface area (TPSA) is 90.3 Å². The van der Waals surface area contributed by atoms with E-state index in [9.17, 15) is 8.42 Å². The van der Waals surface area contributed by atoms with Gasteiger partial charge in [0.2, 0.25) is 11.8 Å². The van der Waals surface area contributed by atoms with Gasteiger partial charge in [-0.2, -0.15) is 17.8 Å². The molecule has 0 bridgehead atoms. The number of fused-ring (bicyclic) bond motifs is 1. The molecule has 8 nitrogen and oxygen atoms in total. The Labute approximate surface area is 165 Å². The first-order valence-electron chi connectivity index (χ1n) is 9.93. The van der Waals surface area contributed by atoms with Crippen LogP contribution in [0.15, 0.2) is 15.4 Å². The van der Waals surface area contributed by atoms with E-state index in [0.29, 0.717) is 44.1 Å². The van der Waals surface area contributed by atoms with Crippen LogP contribution in [0, 0.1) is 6.92 Å². The minimum absolute atomic E-state index is 0.00648. The van der Waals surface area contributed by atoms with Crippen LogP contribution in [0.25, 0.3) is 0 Å². The van der Waals surface area contributed by atoms with Gasteiger partial charge in [0.05, 0.1) is 19.4 Å². The number of nitrogens with zero attached hydrogens (tertiary/aromatic N) is 3. The van der Waals surface area contributed by atoms with Crippen LogP contribution in [0.2, 0.25) is 0 Å². The fourth-order valence-electron chi connectivity index (χ4n) is 3.80. The molecule has 3 aliphatic heterocycles. The molecule has 0 unspecified atom stereocenters. The van der Waals surface area contributed by atoms with Crippen LogP contribution in [0.5, 0.6) is 11.8 Å². The first-order chi connectivity index (χ1) is 13.5. The second kappa shape index (κ2) is 7.96. The largest absolute Gasteiger partial charge is 0.476 e. The molecule has 0 amide bonds. The van der Waals surface area contributed by atoms with E-state index in [4.69, 9.17) is 14.2 Å². The van der Waals surface area contributed by atoms with Crippen molar-refractivity contribution in [2.24, 2.45) is 4.40 Å². The smallest absolute Gasteiger partial charge is 0.287 e. The molecule has 0 aromatic carbocycles. The first-order valence-corrected chi connectivity index (χ1v) is 11.4. The Balaban J connectivity index is 1.55. The van der Waals surface area contributed by atoms with Crippen molar-refractivity contribution in [1.29, 1.82) is 0 Å². The number of aromatic nitrogens is 1. The molecule has 3 aliphatic rings. The summed E-state index contributed by atoms with van der Waals surface area (Å²) in [6, 6.07) is 1.55. The van der Waals surface area contributed by atoms with Crippen LogP contribution in [0.4, 0.5) is 0 Å². The lowest BCUT2D eigenvalue weighted by molar-refractivity contribution is -0.00613. The summed E-state index contributed by atoms with van der Waals surface area (Å²) in [4.78, 5) is 6.81. The van der Waals surface area contributed by atoms with Gasteiger partial charge in [0, 0.05) is 24.9 Å². The molecule has 154 valence electrons. The predicted molar refractivity (Wildman–Crippen MR) is 104 cm³/mol. The maximum absolute atomic E-state index is 12.6. The van der Waals surface area contributed by atoms with Crippen molar-refractivity contribution in [3.05, 3.63) is 11.6 Å². The van der Waals surface area contributed by atoms with Crippen molar-refractivity contribution in [3.63, 3.8) is 0 Å². The Hall–Kier alpha value is -1.71. The minimum Gasteiger partial charge on any atom is -0.476 e. The summed E-state index contributed by atoms with van der Waals surface area (Å²) in [7, 11) is -3.85. The first kappa shape index (κ1) is 19.6. The molecule has 4 rings (SSSR count). The molecule has 0 aliphatic carbocycles. The van der Waals surface area contributed by atoms with Gasteiger partial charge < -0.3 is 14.2 Å². The standard InChI is InChI=1S/C19H27N3O5S/c1-15-13-16-18(21-17(15)26-12-9-22-7-3-2-4-8-22)27-19(5-10-25-11-6-19)14-20-28(16,23)24/h13-14H,2-12H2,1H3. The van der Waals surface area contributed by atoms with E-state index < -0.39 is 15.6 Å². The molecule has 1 spiro atoms. The Morgan fingerprint density at radius 2 is 1.96 bits per heavy atom. The normalized spacial score (nSPS) is 23.6. The summed E-state index contributed by atoms with van der Waals surface area (Å²) >= 11 is 0. The van der Waals surface area contributed by atoms with Gasteiger partial charge in [-0.15, -0.1) is 0 Å².